The van der Waals surface area contributed by atoms with E-state index in [1.807, 2.05) is 6.07 Å². The Hall–Kier alpha value is -3.78. The lowest BCUT2D eigenvalue weighted by Gasteiger charge is -2.26. The molecule has 2 aromatic heterocycles. The van der Waals surface area contributed by atoms with Crippen LogP contribution in [0.25, 0.3) is 22.2 Å². The van der Waals surface area contributed by atoms with Crippen LogP contribution in [0.3, 0.4) is 0 Å². The van der Waals surface area contributed by atoms with Crippen molar-refractivity contribution >= 4 is 33.9 Å². The van der Waals surface area contributed by atoms with Crippen LogP contribution in [0.15, 0.2) is 54.9 Å². The summed E-state index contributed by atoms with van der Waals surface area (Å²) in [7, 11) is 10.0. The Balaban J connectivity index is 1.67. The molecule has 0 unspecified atom stereocenters. The minimum Gasteiger partial charge on any atom is -0.494 e. The normalized spacial score (nSPS) is 11.2. The van der Waals surface area contributed by atoms with Gasteiger partial charge in [0.05, 0.1) is 29.9 Å². The van der Waals surface area contributed by atoms with E-state index in [-0.39, 0.29) is 0 Å². The fourth-order valence-electron chi connectivity index (χ4n) is 4.19. The van der Waals surface area contributed by atoms with E-state index in [0.717, 1.165) is 59.1 Å². The maximum absolute atomic E-state index is 5.76. The zero-order valence-electron chi connectivity index (χ0n) is 21.5. The second-order valence-electron chi connectivity index (χ2n) is 8.89. The van der Waals surface area contributed by atoms with E-state index in [1.54, 1.807) is 13.3 Å². The van der Waals surface area contributed by atoms with E-state index in [4.69, 9.17) is 9.72 Å². The zero-order chi connectivity index (χ0) is 24.9. The predicted octanol–water partition coefficient (Wildman–Crippen LogP) is 4.82. The van der Waals surface area contributed by atoms with E-state index < -0.39 is 0 Å². The maximum atomic E-state index is 5.76. The molecule has 0 aliphatic rings. The van der Waals surface area contributed by atoms with Gasteiger partial charge < -0.3 is 29.7 Å². The number of para-hydroxylation sites is 1. The van der Waals surface area contributed by atoms with Crippen LogP contribution in [0.5, 0.6) is 5.75 Å². The summed E-state index contributed by atoms with van der Waals surface area (Å²) in [4.78, 5) is 13.7. The number of hydrogen-bond acceptors (Lipinski definition) is 7. The number of benzene rings is 2. The molecule has 2 N–H and O–H groups in total. The van der Waals surface area contributed by atoms with E-state index >= 15 is 0 Å². The van der Waals surface area contributed by atoms with Gasteiger partial charge in [-0.25, -0.2) is 9.97 Å². The number of aromatic nitrogens is 3. The molecule has 2 aromatic carbocycles. The third-order valence-electron chi connectivity index (χ3n) is 6.05. The highest BCUT2D eigenvalue weighted by Crippen LogP contribution is 2.38. The molecule has 0 saturated heterocycles. The number of nitrogens with one attached hydrogen (secondary N) is 2. The Morgan fingerprint density at radius 3 is 2.57 bits per heavy atom. The Labute approximate surface area is 207 Å². The standard InChI is InChI=1S/C27H35N7O/c1-7-28-22-16-23(26(35-6)17-25(22)33(4)15-14-32(2)3)31-27-29-13-12-21(30-27)20-18-34(5)24-11-9-8-10-19(20)24/h8-13,16-18,28H,7,14-15H2,1-6H3,(H,29,30,31). The van der Waals surface area contributed by atoms with Gasteiger partial charge in [-0.1, -0.05) is 18.2 Å². The van der Waals surface area contributed by atoms with Crippen LogP contribution in [-0.4, -0.2) is 67.3 Å². The van der Waals surface area contributed by atoms with Crippen LogP contribution >= 0.6 is 0 Å². The number of ether oxygens (including phenoxy) is 1. The first-order valence-corrected chi connectivity index (χ1v) is 11.9. The highest BCUT2D eigenvalue weighted by Gasteiger charge is 2.16. The van der Waals surface area contributed by atoms with Crippen LogP contribution in [0, 0.1) is 0 Å². The van der Waals surface area contributed by atoms with Crippen LogP contribution in [0.4, 0.5) is 23.0 Å². The summed E-state index contributed by atoms with van der Waals surface area (Å²) in [6.45, 7) is 4.77. The predicted molar refractivity (Wildman–Crippen MR) is 146 cm³/mol. The summed E-state index contributed by atoms with van der Waals surface area (Å²) in [6.07, 6.45) is 3.90. The van der Waals surface area contributed by atoms with Crippen LogP contribution in [0.1, 0.15) is 6.92 Å². The Morgan fingerprint density at radius 2 is 1.83 bits per heavy atom. The van der Waals surface area contributed by atoms with Gasteiger partial charge in [0.1, 0.15) is 5.75 Å². The summed E-state index contributed by atoms with van der Waals surface area (Å²) in [6, 6.07) is 14.4. The van der Waals surface area contributed by atoms with Crippen molar-refractivity contribution < 1.29 is 4.74 Å². The first kappa shape index (κ1) is 24.3. The van der Waals surface area contributed by atoms with Crippen molar-refractivity contribution in [2.45, 2.75) is 6.92 Å². The molecule has 0 radical (unpaired) electrons. The van der Waals surface area contributed by atoms with Crippen molar-refractivity contribution in [3.8, 4) is 17.0 Å². The molecule has 4 aromatic rings. The van der Waals surface area contributed by atoms with Crippen LogP contribution < -0.4 is 20.3 Å². The van der Waals surface area contributed by atoms with Crippen molar-refractivity contribution in [1.29, 1.82) is 0 Å². The van der Waals surface area contributed by atoms with Crippen molar-refractivity contribution in [2.24, 2.45) is 7.05 Å². The molecule has 0 saturated carbocycles. The smallest absolute Gasteiger partial charge is 0.227 e. The van der Waals surface area contributed by atoms with E-state index in [9.17, 15) is 0 Å². The molecule has 8 heteroatoms. The molecule has 0 bridgehead atoms. The highest BCUT2D eigenvalue weighted by molar-refractivity contribution is 5.95. The molecule has 0 aliphatic heterocycles. The molecule has 0 fully saturated rings. The van der Waals surface area contributed by atoms with Crippen molar-refractivity contribution in [3.05, 3.63) is 54.9 Å². The van der Waals surface area contributed by atoms with Gasteiger partial charge in [0.2, 0.25) is 5.95 Å². The second kappa shape index (κ2) is 10.7. The van der Waals surface area contributed by atoms with Gasteiger partial charge in [0.15, 0.2) is 0 Å². The number of aryl methyl sites for hydroxylation is 1. The fourth-order valence-corrected chi connectivity index (χ4v) is 4.19. The minimum atomic E-state index is 0.518. The molecule has 0 spiro atoms. The first-order chi connectivity index (χ1) is 16.9. The van der Waals surface area contributed by atoms with Crippen molar-refractivity contribution in [1.82, 2.24) is 19.4 Å². The maximum Gasteiger partial charge on any atom is 0.227 e. The van der Waals surface area contributed by atoms with Gasteiger partial charge in [-0.2, -0.15) is 0 Å². The molecule has 0 atom stereocenters. The number of likely N-dealkylation sites (N-methyl/N-ethyl adjacent to an activating group) is 2. The Bertz CT molecular complexity index is 1300. The lowest BCUT2D eigenvalue weighted by Crippen LogP contribution is -2.29. The number of methoxy groups -OCH3 is 1. The number of nitrogens with zero attached hydrogens (tertiary/aromatic N) is 5. The van der Waals surface area contributed by atoms with Crippen LogP contribution in [0.2, 0.25) is 0 Å². The molecular weight excluding hydrogens is 438 g/mol. The van der Waals surface area contributed by atoms with Gasteiger partial charge in [-0.05, 0) is 39.2 Å². The monoisotopic (exact) mass is 473 g/mol. The summed E-state index contributed by atoms with van der Waals surface area (Å²) >= 11 is 0. The van der Waals surface area contributed by atoms with Gasteiger partial charge in [0, 0.05) is 68.7 Å². The number of hydrogen-bond donors (Lipinski definition) is 2. The van der Waals surface area contributed by atoms with Gasteiger partial charge in [-0.15, -0.1) is 0 Å². The highest BCUT2D eigenvalue weighted by atomic mass is 16.5. The quantitative estimate of drug-likeness (QED) is 0.342. The Kier molecular flexibility index (Phi) is 7.41. The average Bonchev–Trinajstić information content (AvgIpc) is 3.20. The molecule has 8 nitrogen and oxygen atoms in total. The Morgan fingerprint density at radius 1 is 1.03 bits per heavy atom. The average molecular weight is 474 g/mol. The van der Waals surface area contributed by atoms with Crippen molar-refractivity contribution in [3.63, 3.8) is 0 Å². The fraction of sp³-hybridized carbons (Fsp3) is 0.333. The molecule has 184 valence electrons. The summed E-state index contributed by atoms with van der Waals surface area (Å²) in [5.74, 6) is 1.25. The molecule has 4 rings (SSSR count). The number of fused-ring (bicyclic) bond motifs is 1. The summed E-state index contributed by atoms with van der Waals surface area (Å²) in [5, 5.41) is 8.03. The largest absolute Gasteiger partial charge is 0.494 e. The number of anilines is 4. The van der Waals surface area contributed by atoms with E-state index in [2.05, 4.69) is 108 Å². The van der Waals surface area contributed by atoms with E-state index in [1.165, 1.54) is 5.52 Å². The van der Waals surface area contributed by atoms with E-state index in [0.29, 0.717) is 5.95 Å². The third-order valence-corrected chi connectivity index (χ3v) is 6.05. The molecule has 0 aliphatic carbocycles. The van der Waals surface area contributed by atoms with Gasteiger partial charge >= 0.3 is 0 Å². The summed E-state index contributed by atoms with van der Waals surface area (Å²) in [5.41, 5.74) is 6.03. The molecule has 0 amide bonds. The topological polar surface area (TPSA) is 70.5 Å². The lowest BCUT2D eigenvalue weighted by atomic mass is 10.1. The van der Waals surface area contributed by atoms with Crippen molar-refractivity contribution in [2.75, 3.05) is 63.4 Å². The second-order valence-corrected chi connectivity index (χ2v) is 8.89. The number of rotatable bonds is 10. The third kappa shape index (κ3) is 5.33. The minimum absolute atomic E-state index is 0.518. The zero-order valence-corrected chi connectivity index (χ0v) is 21.5. The molecular formula is C27H35N7O. The molecule has 2 heterocycles. The lowest BCUT2D eigenvalue weighted by molar-refractivity contribution is 0.413. The van der Waals surface area contributed by atoms with Gasteiger partial charge in [0.25, 0.3) is 0 Å². The SMILES string of the molecule is CCNc1cc(Nc2nccc(-c3cn(C)c4ccccc34)n2)c(OC)cc1N(C)CCN(C)C. The first-order valence-electron chi connectivity index (χ1n) is 11.9. The molecule has 35 heavy (non-hydrogen) atoms. The van der Waals surface area contributed by atoms with Crippen LogP contribution in [-0.2, 0) is 7.05 Å². The van der Waals surface area contributed by atoms with Gasteiger partial charge in [-0.3, -0.25) is 0 Å². The summed E-state index contributed by atoms with van der Waals surface area (Å²) < 4.78 is 7.88.